The van der Waals surface area contributed by atoms with E-state index in [1.54, 1.807) is 13.3 Å². The second-order valence-corrected chi connectivity index (χ2v) is 12.7. The molecule has 0 radical (unpaired) electrons. The van der Waals surface area contributed by atoms with Gasteiger partial charge < -0.3 is 19.1 Å². The number of hydrogen-bond donors (Lipinski definition) is 1. The highest BCUT2D eigenvalue weighted by atomic mass is 16.5. The van der Waals surface area contributed by atoms with E-state index in [1.165, 1.54) is 5.57 Å². The van der Waals surface area contributed by atoms with Crippen molar-refractivity contribution < 1.29 is 19.4 Å². The Labute approximate surface area is 232 Å². The van der Waals surface area contributed by atoms with Crippen LogP contribution in [0.15, 0.2) is 54.1 Å². The summed E-state index contributed by atoms with van der Waals surface area (Å²) in [7, 11) is 1.66. The van der Waals surface area contributed by atoms with Gasteiger partial charge in [0.25, 0.3) is 0 Å². The number of allylic oxidation sites excluding steroid dienone is 2. The van der Waals surface area contributed by atoms with Gasteiger partial charge in [-0.05, 0) is 104 Å². The van der Waals surface area contributed by atoms with E-state index in [-0.39, 0.29) is 16.9 Å². The maximum absolute atomic E-state index is 13.9. The molecule has 6 nitrogen and oxygen atoms in total. The van der Waals surface area contributed by atoms with E-state index in [0.29, 0.717) is 35.9 Å². The highest BCUT2D eigenvalue weighted by molar-refractivity contribution is 6.06. The Kier molecular flexibility index (Phi) is 6.95. The molecule has 0 bridgehead atoms. The number of Topliss-reactive ketones (excluding diaryl/α,β-unsaturated/α-hetero) is 1. The molecular weight excluding hydrogens is 488 g/mol. The number of nitrogens with zero attached hydrogens (tertiary/aromatic N) is 2. The fraction of sp³-hybridized carbons (Fsp3) is 0.576. The molecule has 39 heavy (non-hydrogen) atoms. The van der Waals surface area contributed by atoms with Gasteiger partial charge in [-0.3, -0.25) is 4.79 Å². The normalized spacial score (nSPS) is 34.7. The first kappa shape index (κ1) is 26.4. The van der Waals surface area contributed by atoms with E-state index < -0.39 is 0 Å². The molecule has 0 unspecified atom stereocenters. The van der Waals surface area contributed by atoms with Crippen molar-refractivity contribution in [2.45, 2.75) is 77.9 Å². The van der Waals surface area contributed by atoms with Crippen molar-refractivity contribution in [1.29, 1.82) is 0 Å². The molecule has 4 aliphatic carbocycles. The predicted molar refractivity (Wildman–Crippen MR) is 151 cm³/mol. The van der Waals surface area contributed by atoms with Gasteiger partial charge in [0.05, 0.1) is 26.1 Å². The molecule has 1 aromatic carbocycles. The van der Waals surface area contributed by atoms with Gasteiger partial charge in [0.2, 0.25) is 0 Å². The van der Waals surface area contributed by atoms with Gasteiger partial charge in [-0.1, -0.05) is 31.6 Å². The largest absolute Gasteiger partial charge is 0.493 e. The van der Waals surface area contributed by atoms with Crippen molar-refractivity contribution in [2.75, 3.05) is 13.7 Å². The van der Waals surface area contributed by atoms with Crippen LogP contribution in [0.4, 0.5) is 0 Å². The van der Waals surface area contributed by atoms with Crippen LogP contribution in [-0.2, 0) is 11.3 Å². The summed E-state index contributed by atoms with van der Waals surface area (Å²) in [5.74, 6) is 3.29. The first-order valence-corrected chi connectivity index (χ1v) is 14.7. The molecule has 6 atom stereocenters. The second kappa shape index (κ2) is 10.3. The average molecular weight is 531 g/mol. The van der Waals surface area contributed by atoms with Gasteiger partial charge in [-0.25, -0.2) is 4.98 Å². The van der Waals surface area contributed by atoms with E-state index in [0.717, 1.165) is 74.8 Å². The van der Waals surface area contributed by atoms with Gasteiger partial charge in [-0.15, -0.1) is 0 Å². The summed E-state index contributed by atoms with van der Waals surface area (Å²) < 4.78 is 13.7. The Morgan fingerprint density at radius 1 is 1.13 bits per heavy atom. The van der Waals surface area contributed by atoms with Crippen molar-refractivity contribution in [3.05, 3.63) is 59.7 Å². The van der Waals surface area contributed by atoms with Crippen LogP contribution in [0.2, 0.25) is 0 Å². The number of aromatic nitrogens is 2. The zero-order chi connectivity index (χ0) is 27.2. The van der Waals surface area contributed by atoms with Crippen molar-refractivity contribution in [1.82, 2.24) is 9.55 Å². The smallest absolute Gasteiger partial charge is 0.165 e. The summed E-state index contributed by atoms with van der Waals surface area (Å²) in [5, 5.41) is 10.3. The molecule has 0 aliphatic heterocycles. The van der Waals surface area contributed by atoms with Crippen LogP contribution in [-0.4, -0.2) is 40.3 Å². The molecule has 0 spiro atoms. The van der Waals surface area contributed by atoms with Gasteiger partial charge in [0.15, 0.2) is 17.3 Å². The van der Waals surface area contributed by atoms with Crippen molar-refractivity contribution in [3.8, 4) is 11.5 Å². The highest BCUT2D eigenvalue weighted by Crippen LogP contribution is 2.64. The number of ether oxygens (including phenoxy) is 2. The molecule has 3 fully saturated rings. The average Bonchev–Trinajstić information content (AvgIpc) is 3.54. The lowest BCUT2D eigenvalue weighted by molar-refractivity contribution is -0.130. The zero-order valence-electron chi connectivity index (χ0n) is 23.6. The highest BCUT2D eigenvalue weighted by Gasteiger charge is 2.59. The molecule has 3 saturated carbocycles. The molecule has 1 aromatic heterocycles. The third kappa shape index (κ3) is 4.65. The maximum Gasteiger partial charge on any atom is 0.165 e. The van der Waals surface area contributed by atoms with Crippen molar-refractivity contribution in [3.63, 3.8) is 0 Å². The van der Waals surface area contributed by atoms with E-state index in [9.17, 15) is 9.90 Å². The number of carbonyl (C=O) groups excluding carboxylic acids is 1. The molecule has 0 saturated heterocycles. The lowest BCUT2D eigenvalue weighted by Crippen LogP contribution is -2.50. The van der Waals surface area contributed by atoms with Crippen LogP contribution in [0.1, 0.15) is 70.8 Å². The maximum atomic E-state index is 13.9. The lowest BCUT2D eigenvalue weighted by Gasteiger charge is -2.56. The van der Waals surface area contributed by atoms with Gasteiger partial charge >= 0.3 is 0 Å². The first-order chi connectivity index (χ1) is 18.8. The van der Waals surface area contributed by atoms with Gasteiger partial charge in [-0.2, -0.15) is 0 Å². The van der Waals surface area contributed by atoms with Crippen LogP contribution >= 0.6 is 0 Å². The minimum atomic E-state index is -0.273. The number of rotatable bonds is 7. The number of hydrogen-bond acceptors (Lipinski definition) is 5. The van der Waals surface area contributed by atoms with Gasteiger partial charge in [0.1, 0.15) is 0 Å². The zero-order valence-corrected chi connectivity index (χ0v) is 23.6. The third-order valence-electron chi connectivity index (χ3n) is 10.6. The van der Waals surface area contributed by atoms with Crippen LogP contribution in [0, 0.1) is 28.6 Å². The summed E-state index contributed by atoms with van der Waals surface area (Å²) >= 11 is 0. The summed E-state index contributed by atoms with van der Waals surface area (Å²) in [5.41, 5.74) is 3.33. The number of benzene rings is 1. The topological polar surface area (TPSA) is 73.6 Å². The number of imidazole rings is 1. The van der Waals surface area contributed by atoms with E-state index >= 15 is 0 Å². The molecule has 0 amide bonds. The Morgan fingerprint density at radius 2 is 1.97 bits per heavy atom. The Morgan fingerprint density at radius 3 is 2.77 bits per heavy atom. The number of ketones is 1. The monoisotopic (exact) mass is 530 g/mol. The minimum absolute atomic E-state index is 0.182. The quantitative estimate of drug-likeness (QED) is 0.260. The second-order valence-electron chi connectivity index (χ2n) is 12.7. The number of methoxy groups -OCH3 is 1. The van der Waals surface area contributed by atoms with Crippen molar-refractivity contribution in [2.24, 2.45) is 28.6 Å². The SMILES string of the molecule is COc1cc(/C=C2\C[C@H]3[C@@H]4CC=C5C[C@@H](O)CC[C@]5(C)[C@H]4CC[C@]3(C)C2=O)ccc1OCCCn1ccnc1. The molecule has 2 aromatic rings. The summed E-state index contributed by atoms with van der Waals surface area (Å²) in [6.07, 6.45) is 17.5. The molecule has 208 valence electrons. The van der Waals surface area contributed by atoms with Crippen LogP contribution in [0.5, 0.6) is 11.5 Å². The molecule has 6 rings (SSSR count). The minimum Gasteiger partial charge on any atom is -0.493 e. The Hall–Kier alpha value is -2.86. The van der Waals surface area contributed by atoms with E-state index in [4.69, 9.17) is 9.47 Å². The van der Waals surface area contributed by atoms with Crippen LogP contribution in [0.3, 0.4) is 0 Å². The lowest BCUT2D eigenvalue weighted by atomic mass is 9.48. The van der Waals surface area contributed by atoms with Crippen molar-refractivity contribution >= 4 is 11.9 Å². The molecule has 4 aliphatic rings. The first-order valence-electron chi connectivity index (χ1n) is 14.7. The fourth-order valence-electron chi connectivity index (χ4n) is 8.38. The number of aliphatic hydroxyl groups excluding tert-OH is 1. The number of aliphatic hydroxyl groups is 1. The van der Waals surface area contributed by atoms with Crippen LogP contribution in [0.25, 0.3) is 6.08 Å². The van der Waals surface area contributed by atoms with E-state index in [1.807, 2.05) is 35.3 Å². The van der Waals surface area contributed by atoms with Gasteiger partial charge in [0, 0.05) is 24.4 Å². The standard InChI is InChI=1S/C33H42N2O4/c1-32-11-9-25(36)20-24(32)6-7-26-27(32)10-12-33(2)28(26)19-23(31(33)37)17-22-5-8-29(30(18-22)38-3)39-16-4-14-35-15-13-34-21-35/h5-6,8,13,15,17-18,21,25-28,36H,4,7,9-12,14,16,19-20H2,1-3H3/b23-17+/t25-,26+,27-,28-,32-,33-/m0/s1. The predicted octanol–water partition coefficient (Wildman–Crippen LogP) is 6.25. The number of aryl methyl sites for hydroxylation is 1. The number of carbonyl (C=O) groups is 1. The molecule has 1 heterocycles. The summed E-state index contributed by atoms with van der Waals surface area (Å²) in [6.45, 7) is 6.11. The number of fused-ring (bicyclic) bond motifs is 5. The summed E-state index contributed by atoms with van der Waals surface area (Å²) in [6, 6.07) is 5.98. The Bertz CT molecular complexity index is 1280. The van der Waals surface area contributed by atoms with Crippen LogP contribution < -0.4 is 9.47 Å². The third-order valence-corrected chi connectivity index (χ3v) is 10.6. The van der Waals surface area contributed by atoms with E-state index in [2.05, 4.69) is 31.0 Å². The molecular formula is C33H42N2O4. The summed E-state index contributed by atoms with van der Waals surface area (Å²) in [4.78, 5) is 17.9. The fourth-order valence-corrected chi connectivity index (χ4v) is 8.38. The molecule has 6 heteroatoms. The molecule has 1 N–H and O–H groups in total. The Balaban J connectivity index is 1.18.